The lowest BCUT2D eigenvalue weighted by molar-refractivity contribution is -0.178. The van der Waals surface area contributed by atoms with Crippen LogP contribution < -0.4 is 9.80 Å². The Balaban J connectivity index is 1.61. The Morgan fingerprint density at radius 2 is 1.61 bits per heavy atom. The zero-order valence-corrected chi connectivity index (χ0v) is 27.0. The van der Waals surface area contributed by atoms with Crippen molar-refractivity contribution in [2.45, 2.75) is 51.1 Å². The Morgan fingerprint density at radius 1 is 1.00 bits per heavy atom. The molecule has 3 aliphatic rings. The first-order valence-corrected chi connectivity index (χ1v) is 15.0. The van der Waals surface area contributed by atoms with E-state index in [1.54, 1.807) is 20.8 Å². The molecule has 3 atom stereocenters. The van der Waals surface area contributed by atoms with Crippen molar-refractivity contribution in [3.8, 4) is 0 Å². The first kappa shape index (κ1) is 32.7. The predicted molar refractivity (Wildman–Crippen MR) is 161 cm³/mol. The van der Waals surface area contributed by atoms with Gasteiger partial charge in [-0.05, 0) is 57.5 Å². The second kappa shape index (κ2) is 11.3. The van der Waals surface area contributed by atoms with Gasteiger partial charge in [0.25, 0.3) is 11.8 Å². The topological polar surface area (TPSA) is 96.5 Å². The molecule has 15 heteroatoms. The molecule has 3 aliphatic heterocycles. The second-order valence-electron chi connectivity index (χ2n) is 12.1. The number of imide groups is 1. The minimum absolute atomic E-state index is 0.000266. The maximum atomic E-state index is 14.9. The number of alkyl halides is 2. The summed E-state index contributed by atoms with van der Waals surface area (Å²) >= 11 is 25.2. The molecular weight excluding hydrogens is 666 g/mol. The molecule has 1 spiro atoms. The molecule has 0 saturated carbocycles. The van der Waals surface area contributed by atoms with Crippen molar-refractivity contribution in [3.05, 3.63) is 56.0 Å². The molecule has 0 radical (unpaired) electrons. The van der Waals surface area contributed by atoms with Crippen LogP contribution in [0.3, 0.4) is 0 Å². The van der Waals surface area contributed by atoms with E-state index in [0.29, 0.717) is 0 Å². The van der Waals surface area contributed by atoms with Crippen molar-refractivity contribution in [2.24, 2.45) is 11.3 Å². The number of benzene rings is 2. The number of urea groups is 1. The Hall–Kier alpha value is -2.70. The van der Waals surface area contributed by atoms with Crippen LogP contribution in [0, 0.1) is 11.3 Å². The summed E-state index contributed by atoms with van der Waals surface area (Å²) in [7, 11) is 1.36. The second-order valence-corrected chi connectivity index (χ2v) is 13.8. The van der Waals surface area contributed by atoms with Gasteiger partial charge >= 0.3 is 18.0 Å². The number of esters is 2. The quantitative estimate of drug-likeness (QED) is 0.254. The molecule has 0 bridgehead atoms. The van der Waals surface area contributed by atoms with Crippen molar-refractivity contribution in [3.63, 3.8) is 0 Å². The van der Waals surface area contributed by atoms with Crippen LogP contribution in [0.25, 0.3) is 0 Å². The summed E-state index contributed by atoms with van der Waals surface area (Å²) in [5.74, 6) is -7.20. The fourth-order valence-electron chi connectivity index (χ4n) is 6.15. The van der Waals surface area contributed by atoms with Crippen LogP contribution >= 0.6 is 46.4 Å². The highest BCUT2D eigenvalue weighted by atomic mass is 35.5. The molecule has 2 aromatic carbocycles. The van der Waals surface area contributed by atoms with Gasteiger partial charge < -0.3 is 9.47 Å². The number of fused-ring (bicyclic) bond motifs is 4. The van der Waals surface area contributed by atoms with E-state index in [1.165, 1.54) is 42.3 Å². The van der Waals surface area contributed by atoms with Gasteiger partial charge in [-0.15, -0.1) is 0 Å². The van der Waals surface area contributed by atoms with Crippen molar-refractivity contribution < 1.29 is 37.4 Å². The molecule has 0 aliphatic carbocycles. The smallest absolute Gasteiger partial charge is 0.335 e. The number of halogens is 6. The lowest BCUT2D eigenvalue weighted by Crippen LogP contribution is -2.57. The number of rotatable bonds is 4. The third kappa shape index (κ3) is 5.40. The van der Waals surface area contributed by atoms with E-state index in [2.05, 4.69) is 0 Å². The highest BCUT2D eigenvalue weighted by molar-refractivity contribution is 6.40. The van der Waals surface area contributed by atoms with Gasteiger partial charge in [0.05, 0.1) is 28.6 Å². The molecule has 9 nitrogen and oxygen atoms in total. The summed E-state index contributed by atoms with van der Waals surface area (Å²) in [6, 6.07) is 5.12. The monoisotopic (exact) mass is 691 g/mol. The number of amides is 3. The Morgan fingerprint density at radius 3 is 2.23 bits per heavy atom. The predicted octanol–water partition coefficient (Wildman–Crippen LogP) is 6.92. The zero-order valence-electron chi connectivity index (χ0n) is 23.9. The van der Waals surface area contributed by atoms with Gasteiger partial charge in [0.1, 0.15) is 5.54 Å². The van der Waals surface area contributed by atoms with Gasteiger partial charge in [-0.1, -0.05) is 46.4 Å². The standard InChI is InChI=1S/C29H27Cl4F2N3O6/c1-27(2,3)25(41)44-13-43-23(39)20-10-18-11-28(34,35)12-37(18)29(20)19-8-16(32)9-21(33)22(19)38(24(29)40)26(42)36(4)17-6-14(30)5-15(31)7-17/h5-9,18,20H,10-13H2,1-4H3/t18-,20+,29+/m0/s1. The summed E-state index contributed by atoms with van der Waals surface area (Å²) in [5, 5.41) is 0.360. The summed E-state index contributed by atoms with van der Waals surface area (Å²) in [5.41, 5.74) is -2.91. The Bertz CT molecular complexity index is 1560. The van der Waals surface area contributed by atoms with Gasteiger partial charge in [0.15, 0.2) is 0 Å². The van der Waals surface area contributed by atoms with Crippen LogP contribution in [0.1, 0.15) is 39.2 Å². The number of anilines is 2. The van der Waals surface area contributed by atoms with Crippen molar-refractivity contribution >= 4 is 81.7 Å². The molecule has 0 unspecified atom stereocenters. The van der Waals surface area contributed by atoms with Gasteiger partial charge in [0, 0.05) is 45.8 Å². The molecule has 2 fully saturated rings. The highest BCUT2D eigenvalue weighted by Crippen LogP contribution is 2.61. The maximum Gasteiger partial charge on any atom is 0.335 e. The fraction of sp³-hybridized carbons (Fsp3) is 0.448. The average Bonchev–Trinajstić information content (AvgIpc) is 3.47. The Kier molecular flexibility index (Phi) is 8.38. The molecular formula is C29H27Cl4F2N3O6. The van der Waals surface area contributed by atoms with Crippen LogP contribution in [0.15, 0.2) is 30.3 Å². The SMILES string of the molecule is CN(C(=O)N1C(=O)[C@@]2(c3cc(Cl)cc(Cl)c31)[C@@H](C(=O)OCOC(=O)C(C)(C)C)C[C@H]1CC(F)(F)CN12)c1cc(Cl)cc(Cl)c1. The molecule has 0 N–H and O–H groups in total. The first-order chi connectivity index (χ1) is 20.4. The van der Waals surface area contributed by atoms with Crippen LogP contribution in [-0.4, -0.2) is 61.1 Å². The number of ether oxygens (including phenoxy) is 2. The van der Waals surface area contributed by atoms with Gasteiger partial charge in [-0.2, -0.15) is 0 Å². The van der Waals surface area contributed by atoms with Crippen LogP contribution in [-0.2, 0) is 29.4 Å². The van der Waals surface area contributed by atoms with E-state index in [4.69, 9.17) is 55.9 Å². The number of hydrogen-bond acceptors (Lipinski definition) is 7. The van der Waals surface area contributed by atoms with E-state index in [9.17, 15) is 28.0 Å². The van der Waals surface area contributed by atoms with Crippen LogP contribution in [0.4, 0.5) is 25.0 Å². The third-order valence-corrected chi connectivity index (χ3v) is 8.98. The molecule has 236 valence electrons. The average molecular weight is 693 g/mol. The Labute approximate surface area is 271 Å². The third-order valence-electron chi connectivity index (χ3n) is 8.03. The molecule has 0 aromatic heterocycles. The van der Waals surface area contributed by atoms with Crippen LogP contribution in [0.2, 0.25) is 20.1 Å². The van der Waals surface area contributed by atoms with Crippen LogP contribution in [0.5, 0.6) is 0 Å². The summed E-state index contributed by atoms with van der Waals surface area (Å²) in [6.07, 6.45) is -0.845. The molecule has 5 rings (SSSR count). The normalized spacial score (nSPS) is 24.0. The number of carbonyl (C=O) groups is 4. The molecule has 3 amide bonds. The fourth-order valence-corrected chi connectivity index (χ4v) is 7.24. The first-order valence-electron chi connectivity index (χ1n) is 13.4. The van der Waals surface area contributed by atoms with E-state index in [0.717, 1.165) is 9.80 Å². The number of nitrogens with zero attached hydrogens (tertiary/aromatic N) is 3. The van der Waals surface area contributed by atoms with E-state index in [-0.39, 0.29) is 43.4 Å². The van der Waals surface area contributed by atoms with E-state index in [1.807, 2.05) is 0 Å². The molecule has 2 aromatic rings. The van der Waals surface area contributed by atoms with Gasteiger partial charge in [0.2, 0.25) is 6.79 Å². The van der Waals surface area contributed by atoms with Gasteiger partial charge in [-0.25, -0.2) is 18.5 Å². The zero-order chi connectivity index (χ0) is 32.5. The van der Waals surface area contributed by atoms with Crippen molar-refractivity contribution in [1.29, 1.82) is 0 Å². The lowest BCUT2D eigenvalue weighted by atomic mass is 9.78. The summed E-state index contributed by atoms with van der Waals surface area (Å²) in [6.45, 7) is 3.19. The largest absolute Gasteiger partial charge is 0.428 e. The summed E-state index contributed by atoms with van der Waals surface area (Å²) in [4.78, 5) is 57.7. The molecule has 44 heavy (non-hydrogen) atoms. The van der Waals surface area contributed by atoms with E-state index < -0.39 is 72.5 Å². The minimum Gasteiger partial charge on any atom is -0.428 e. The van der Waals surface area contributed by atoms with Crippen molar-refractivity contribution in [1.82, 2.24) is 4.90 Å². The van der Waals surface area contributed by atoms with E-state index >= 15 is 0 Å². The van der Waals surface area contributed by atoms with Crippen molar-refractivity contribution in [2.75, 3.05) is 30.2 Å². The lowest BCUT2D eigenvalue weighted by Gasteiger charge is -2.37. The minimum atomic E-state index is -3.19. The van der Waals surface area contributed by atoms with Gasteiger partial charge in [-0.3, -0.25) is 24.2 Å². The summed E-state index contributed by atoms with van der Waals surface area (Å²) < 4.78 is 40.1. The molecule has 2 saturated heterocycles. The molecule has 3 heterocycles. The number of carbonyl (C=O) groups excluding carboxylic acids is 4. The highest BCUT2D eigenvalue weighted by Gasteiger charge is 2.72. The maximum absolute atomic E-state index is 14.9. The number of hydrogen-bond donors (Lipinski definition) is 0.